The molecule has 162 valence electrons. The summed E-state index contributed by atoms with van der Waals surface area (Å²) >= 11 is 0. The van der Waals surface area contributed by atoms with Gasteiger partial charge in [0.05, 0.1) is 19.7 Å². The molecule has 0 aliphatic rings. The van der Waals surface area contributed by atoms with Crippen molar-refractivity contribution in [3.8, 4) is 5.75 Å². The first-order valence-electron chi connectivity index (χ1n) is 10.1. The van der Waals surface area contributed by atoms with Crippen LogP contribution in [-0.2, 0) is 10.2 Å². The van der Waals surface area contributed by atoms with Gasteiger partial charge in [0, 0.05) is 12.1 Å². The molecule has 0 spiro atoms. The van der Waals surface area contributed by atoms with Crippen molar-refractivity contribution in [1.82, 2.24) is 15.5 Å². The highest BCUT2D eigenvalue weighted by Crippen LogP contribution is 2.23. The average molecular weight is 412 g/mol. The molecule has 0 heterocycles. The van der Waals surface area contributed by atoms with E-state index in [-0.39, 0.29) is 29.8 Å². The highest BCUT2D eigenvalue weighted by atomic mass is 16.5. The third-order valence-electron chi connectivity index (χ3n) is 5.02. The van der Waals surface area contributed by atoms with Crippen LogP contribution in [0.25, 0.3) is 0 Å². The third-order valence-corrected chi connectivity index (χ3v) is 5.02. The number of nitrogens with one attached hydrogen (secondary N) is 2. The largest absolute Gasteiger partial charge is 0.497 e. The molecular weight excluding hydrogens is 378 g/mol. The number of amides is 2. The van der Waals surface area contributed by atoms with E-state index in [0.29, 0.717) is 12.1 Å². The normalized spacial score (nSPS) is 12.4. The van der Waals surface area contributed by atoms with Gasteiger partial charge in [-0.3, -0.25) is 9.59 Å². The van der Waals surface area contributed by atoms with E-state index < -0.39 is 0 Å². The van der Waals surface area contributed by atoms with Gasteiger partial charge in [0.1, 0.15) is 5.75 Å². The number of carbonyl (C=O) groups is 2. The SMILES string of the molecule is COc1cccc(C(CNC(=O)CNC(=O)c2ccc(C(C)(C)C)cc2)N(C)C)c1. The van der Waals surface area contributed by atoms with E-state index in [4.69, 9.17) is 4.74 Å². The zero-order valence-electron chi connectivity index (χ0n) is 18.8. The van der Waals surface area contributed by atoms with Crippen LogP contribution in [-0.4, -0.2) is 51.0 Å². The van der Waals surface area contributed by atoms with Crippen LogP contribution in [0.4, 0.5) is 0 Å². The van der Waals surface area contributed by atoms with Crippen LogP contribution in [0.1, 0.15) is 48.3 Å². The lowest BCUT2D eigenvalue weighted by atomic mass is 9.87. The van der Waals surface area contributed by atoms with Crippen LogP contribution >= 0.6 is 0 Å². The second-order valence-corrected chi connectivity index (χ2v) is 8.57. The minimum atomic E-state index is -0.262. The molecule has 1 unspecified atom stereocenters. The quantitative estimate of drug-likeness (QED) is 0.700. The summed E-state index contributed by atoms with van der Waals surface area (Å²) < 4.78 is 5.29. The van der Waals surface area contributed by atoms with E-state index in [0.717, 1.165) is 16.9 Å². The van der Waals surface area contributed by atoms with Crippen molar-refractivity contribution in [3.05, 3.63) is 65.2 Å². The van der Waals surface area contributed by atoms with Gasteiger partial charge in [-0.05, 0) is 54.9 Å². The van der Waals surface area contributed by atoms with Crippen LogP contribution < -0.4 is 15.4 Å². The number of methoxy groups -OCH3 is 1. The minimum Gasteiger partial charge on any atom is -0.497 e. The lowest BCUT2D eigenvalue weighted by Gasteiger charge is -2.25. The smallest absolute Gasteiger partial charge is 0.251 e. The molecule has 2 aromatic rings. The summed E-state index contributed by atoms with van der Waals surface area (Å²) in [5, 5.41) is 5.58. The molecular formula is C24H33N3O3. The first-order valence-corrected chi connectivity index (χ1v) is 10.1. The molecule has 6 nitrogen and oxygen atoms in total. The molecule has 0 bridgehead atoms. The van der Waals surface area contributed by atoms with Crippen LogP contribution in [0.15, 0.2) is 48.5 Å². The molecule has 0 aliphatic heterocycles. The molecule has 0 saturated carbocycles. The Hall–Kier alpha value is -2.86. The minimum absolute atomic E-state index is 0.00954. The molecule has 2 aromatic carbocycles. The molecule has 0 aliphatic carbocycles. The van der Waals surface area contributed by atoms with E-state index in [1.54, 1.807) is 19.2 Å². The Balaban J connectivity index is 1.89. The van der Waals surface area contributed by atoms with Gasteiger partial charge in [-0.25, -0.2) is 0 Å². The monoisotopic (exact) mass is 411 g/mol. The van der Waals surface area contributed by atoms with Crippen molar-refractivity contribution < 1.29 is 14.3 Å². The van der Waals surface area contributed by atoms with Gasteiger partial charge in [-0.1, -0.05) is 45.0 Å². The van der Waals surface area contributed by atoms with Crippen LogP contribution in [0.2, 0.25) is 0 Å². The van der Waals surface area contributed by atoms with E-state index in [2.05, 4.69) is 31.4 Å². The van der Waals surface area contributed by atoms with E-state index in [1.807, 2.05) is 55.4 Å². The highest BCUT2D eigenvalue weighted by molar-refractivity contribution is 5.96. The predicted octanol–water partition coefficient (Wildman–Crippen LogP) is 3.14. The second kappa shape index (κ2) is 10.3. The number of rotatable bonds is 8. The fourth-order valence-corrected chi connectivity index (χ4v) is 3.10. The van der Waals surface area contributed by atoms with Crippen molar-refractivity contribution in [1.29, 1.82) is 0 Å². The van der Waals surface area contributed by atoms with Crippen molar-refractivity contribution >= 4 is 11.8 Å². The Morgan fingerprint density at radius 2 is 1.70 bits per heavy atom. The van der Waals surface area contributed by atoms with Gasteiger partial charge in [-0.2, -0.15) is 0 Å². The summed E-state index contributed by atoms with van der Waals surface area (Å²) in [4.78, 5) is 26.6. The third kappa shape index (κ3) is 6.59. The Kier molecular flexibility index (Phi) is 8.00. The summed E-state index contributed by atoms with van der Waals surface area (Å²) in [6.45, 7) is 6.73. The first-order chi connectivity index (χ1) is 14.1. The number of carbonyl (C=O) groups excluding carboxylic acids is 2. The maximum Gasteiger partial charge on any atom is 0.251 e. The Morgan fingerprint density at radius 1 is 1.03 bits per heavy atom. The number of hydrogen-bond donors (Lipinski definition) is 2. The summed E-state index contributed by atoms with van der Waals surface area (Å²) in [6.07, 6.45) is 0. The summed E-state index contributed by atoms with van der Waals surface area (Å²) in [5.41, 5.74) is 2.77. The van der Waals surface area contributed by atoms with E-state index >= 15 is 0 Å². The average Bonchev–Trinajstić information content (AvgIpc) is 2.71. The topological polar surface area (TPSA) is 70.7 Å². The van der Waals surface area contributed by atoms with Crippen molar-refractivity contribution in [2.75, 3.05) is 34.3 Å². The zero-order chi connectivity index (χ0) is 22.3. The number of nitrogens with zero attached hydrogens (tertiary/aromatic N) is 1. The number of ether oxygens (including phenoxy) is 1. The zero-order valence-corrected chi connectivity index (χ0v) is 18.8. The molecule has 2 N–H and O–H groups in total. The molecule has 30 heavy (non-hydrogen) atoms. The molecule has 1 atom stereocenters. The van der Waals surface area contributed by atoms with Crippen LogP contribution in [0, 0.1) is 0 Å². The van der Waals surface area contributed by atoms with Gasteiger partial charge in [0.2, 0.25) is 5.91 Å². The molecule has 2 amide bonds. The van der Waals surface area contributed by atoms with Crippen molar-refractivity contribution in [2.45, 2.75) is 32.2 Å². The Bertz CT molecular complexity index is 855. The first kappa shape index (κ1) is 23.4. The maximum atomic E-state index is 12.3. The molecule has 0 radical (unpaired) electrons. The summed E-state index contributed by atoms with van der Waals surface area (Å²) in [6, 6.07) is 15.2. The van der Waals surface area contributed by atoms with E-state index in [9.17, 15) is 9.59 Å². The fourth-order valence-electron chi connectivity index (χ4n) is 3.10. The van der Waals surface area contributed by atoms with Gasteiger partial charge >= 0.3 is 0 Å². The Morgan fingerprint density at radius 3 is 2.27 bits per heavy atom. The van der Waals surface area contributed by atoms with Crippen LogP contribution in [0.5, 0.6) is 5.75 Å². The number of hydrogen-bond acceptors (Lipinski definition) is 4. The van der Waals surface area contributed by atoms with Crippen molar-refractivity contribution in [3.63, 3.8) is 0 Å². The number of likely N-dealkylation sites (N-methyl/N-ethyl adjacent to an activating group) is 1. The molecule has 0 fully saturated rings. The standard InChI is InChI=1S/C24H33N3O3/c1-24(2,3)19-12-10-17(11-13-19)23(29)26-16-22(28)25-15-21(27(4)5)18-8-7-9-20(14-18)30-6/h7-14,21H,15-16H2,1-6H3,(H,25,28)(H,26,29). The van der Waals surface area contributed by atoms with E-state index in [1.165, 1.54) is 0 Å². The van der Waals surface area contributed by atoms with Crippen LogP contribution in [0.3, 0.4) is 0 Å². The van der Waals surface area contributed by atoms with Gasteiger partial charge in [0.25, 0.3) is 5.91 Å². The fraction of sp³-hybridized carbons (Fsp3) is 0.417. The molecule has 2 rings (SSSR count). The number of benzene rings is 2. The van der Waals surface area contributed by atoms with Gasteiger partial charge < -0.3 is 20.3 Å². The molecule has 0 saturated heterocycles. The maximum absolute atomic E-state index is 12.3. The Labute approximate surface area is 179 Å². The second-order valence-electron chi connectivity index (χ2n) is 8.57. The highest BCUT2D eigenvalue weighted by Gasteiger charge is 2.17. The van der Waals surface area contributed by atoms with Gasteiger partial charge in [-0.15, -0.1) is 0 Å². The lowest BCUT2D eigenvalue weighted by Crippen LogP contribution is -2.40. The lowest BCUT2D eigenvalue weighted by molar-refractivity contribution is -0.120. The van der Waals surface area contributed by atoms with Gasteiger partial charge in [0.15, 0.2) is 0 Å². The van der Waals surface area contributed by atoms with Crippen molar-refractivity contribution in [2.24, 2.45) is 0 Å². The summed E-state index contributed by atoms with van der Waals surface area (Å²) in [7, 11) is 5.55. The summed E-state index contributed by atoms with van der Waals surface area (Å²) in [5.74, 6) is 0.280. The molecule has 6 heteroatoms. The predicted molar refractivity (Wildman–Crippen MR) is 120 cm³/mol. The molecule has 0 aromatic heterocycles.